The van der Waals surface area contributed by atoms with Gasteiger partial charge in [-0.25, -0.2) is 0 Å². The van der Waals surface area contributed by atoms with Gasteiger partial charge in [0.15, 0.2) is 0 Å². The number of nitrogens with one attached hydrogen (secondary N) is 1. The van der Waals surface area contributed by atoms with Crippen LogP contribution >= 0.6 is 15.9 Å². The Morgan fingerprint density at radius 1 is 1.19 bits per heavy atom. The van der Waals surface area contributed by atoms with E-state index >= 15 is 0 Å². The van der Waals surface area contributed by atoms with Crippen LogP contribution in [0.3, 0.4) is 0 Å². The van der Waals surface area contributed by atoms with Crippen LogP contribution in [0.2, 0.25) is 0 Å². The standard InChI is InChI=1S/C17H20BrN3/c18-15-6-7-16(20-11-15)12-21-9-8-19-17(13-21)10-14-4-2-1-3-5-14/h1-7,11,17,19H,8-10,12-13H2. The summed E-state index contributed by atoms with van der Waals surface area (Å²) in [5.41, 5.74) is 2.54. The molecule has 1 aliphatic rings. The Morgan fingerprint density at radius 2 is 2.05 bits per heavy atom. The smallest absolute Gasteiger partial charge is 0.0544 e. The Labute approximate surface area is 134 Å². The molecule has 21 heavy (non-hydrogen) atoms. The molecule has 4 heteroatoms. The molecule has 1 unspecified atom stereocenters. The fraction of sp³-hybridized carbons (Fsp3) is 0.353. The van der Waals surface area contributed by atoms with E-state index in [4.69, 9.17) is 0 Å². The maximum Gasteiger partial charge on any atom is 0.0544 e. The van der Waals surface area contributed by atoms with Crippen molar-refractivity contribution < 1.29 is 0 Å². The number of rotatable bonds is 4. The van der Waals surface area contributed by atoms with E-state index < -0.39 is 0 Å². The van der Waals surface area contributed by atoms with Crippen LogP contribution in [-0.4, -0.2) is 35.6 Å². The van der Waals surface area contributed by atoms with Crippen molar-refractivity contribution in [1.29, 1.82) is 0 Å². The van der Waals surface area contributed by atoms with Gasteiger partial charge >= 0.3 is 0 Å². The van der Waals surface area contributed by atoms with Crippen molar-refractivity contribution in [3.8, 4) is 0 Å². The van der Waals surface area contributed by atoms with Gasteiger partial charge in [-0.05, 0) is 40.0 Å². The molecule has 110 valence electrons. The van der Waals surface area contributed by atoms with Gasteiger partial charge in [-0.2, -0.15) is 0 Å². The molecule has 3 rings (SSSR count). The minimum absolute atomic E-state index is 0.525. The van der Waals surface area contributed by atoms with Crippen molar-refractivity contribution >= 4 is 15.9 Å². The summed E-state index contributed by atoms with van der Waals surface area (Å²) in [6, 6.07) is 15.4. The molecule has 1 saturated heterocycles. The zero-order valence-corrected chi connectivity index (χ0v) is 13.6. The van der Waals surface area contributed by atoms with Crippen molar-refractivity contribution in [2.24, 2.45) is 0 Å². The number of halogens is 1. The molecule has 0 spiro atoms. The first-order valence-corrected chi connectivity index (χ1v) is 8.19. The number of piperazine rings is 1. The lowest BCUT2D eigenvalue weighted by molar-refractivity contribution is 0.190. The van der Waals surface area contributed by atoms with E-state index in [1.54, 1.807) is 0 Å². The molecule has 2 aromatic rings. The van der Waals surface area contributed by atoms with E-state index in [-0.39, 0.29) is 0 Å². The SMILES string of the molecule is Brc1ccc(CN2CCNC(Cc3ccccc3)C2)nc1. The predicted molar refractivity (Wildman–Crippen MR) is 89.2 cm³/mol. The van der Waals surface area contributed by atoms with Crippen molar-refractivity contribution in [2.75, 3.05) is 19.6 Å². The number of nitrogens with zero attached hydrogens (tertiary/aromatic N) is 2. The molecule has 1 N–H and O–H groups in total. The first-order chi connectivity index (χ1) is 10.3. The molecule has 1 aromatic carbocycles. The van der Waals surface area contributed by atoms with Gasteiger partial charge in [0.25, 0.3) is 0 Å². The maximum absolute atomic E-state index is 4.47. The van der Waals surface area contributed by atoms with Crippen LogP contribution in [0.5, 0.6) is 0 Å². The Kier molecular flexibility index (Phi) is 5.01. The third kappa shape index (κ3) is 4.37. The molecular weight excluding hydrogens is 326 g/mol. The Balaban J connectivity index is 1.57. The van der Waals surface area contributed by atoms with E-state index in [0.717, 1.165) is 42.8 Å². The van der Waals surface area contributed by atoms with Gasteiger partial charge in [0.2, 0.25) is 0 Å². The van der Waals surface area contributed by atoms with E-state index in [9.17, 15) is 0 Å². The Hall–Kier alpha value is -1.23. The van der Waals surface area contributed by atoms with Crippen LogP contribution in [0.4, 0.5) is 0 Å². The minimum atomic E-state index is 0.525. The zero-order valence-electron chi connectivity index (χ0n) is 12.0. The normalized spacial score (nSPS) is 19.6. The molecule has 0 saturated carbocycles. The molecule has 0 bridgehead atoms. The highest BCUT2D eigenvalue weighted by molar-refractivity contribution is 9.10. The Bertz CT molecular complexity index is 556. The number of pyridine rings is 1. The third-order valence-electron chi connectivity index (χ3n) is 3.84. The summed E-state index contributed by atoms with van der Waals surface area (Å²) in [6.07, 6.45) is 2.96. The highest BCUT2D eigenvalue weighted by Gasteiger charge is 2.19. The molecule has 0 amide bonds. The van der Waals surface area contributed by atoms with Crippen molar-refractivity contribution in [3.63, 3.8) is 0 Å². The molecular formula is C17H20BrN3. The highest BCUT2D eigenvalue weighted by atomic mass is 79.9. The second-order valence-corrected chi connectivity index (χ2v) is 6.46. The van der Waals surface area contributed by atoms with Crippen LogP contribution in [0.15, 0.2) is 53.1 Å². The summed E-state index contributed by atoms with van der Waals surface area (Å²) < 4.78 is 1.04. The highest BCUT2D eigenvalue weighted by Crippen LogP contribution is 2.12. The number of benzene rings is 1. The summed E-state index contributed by atoms with van der Waals surface area (Å²) in [7, 11) is 0. The molecule has 1 atom stereocenters. The first kappa shape index (κ1) is 14.7. The van der Waals surface area contributed by atoms with Gasteiger partial charge in [0, 0.05) is 42.9 Å². The summed E-state index contributed by atoms with van der Waals surface area (Å²) >= 11 is 3.43. The maximum atomic E-state index is 4.47. The summed E-state index contributed by atoms with van der Waals surface area (Å²) in [4.78, 5) is 6.96. The van der Waals surface area contributed by atoms with E-state index in [1.165, 1.54) is 5.56 Å². The quantitative estimate of drug-likeness (QED) is 0.923. The van der Waals surface area contributed by atoms with E-state index in [1.807, 2.05) is 6.20 Å². The van der Waals surface area contributed by atoms with Crippen molar-refractivity contribution in [3.05, 3.63) is 64.4 Å². The molecule has 2 heterocycles. The molecule has 0 radical (unpaired) electrons. The van der Waals surface area contributed by atoms with Crippen molar-refractivity contribution in [2.45, 2.75) is 19.0 Å². The fourth-order valence-electron chi connectivity index (χ4n) is 2.80. The monoisotopic (exact) mass is 345 g/mol. The van der Waals surface area contributed by atoms with Gasteiger partial charge in [-0.3, -0.25) is 9.88 Å². The van der Waals surface area contributed by atoms with E-state index in [0.29, 0.717) is 6.04 Å². The Morgan fingerprint density at radius 3 is 2.81 bits per heavy atom. The number of hydrogen-bond acceptors (Lipinski definition) is 3. The lowest BCUT2D eigenvalue weighted by Crippen LogP contribution is -2.51. The van der Waals surface area contributed by atoms with Crippen molar-refractivity contribution in [1.82, 2.24) is 15.2 Å². The third-order valence-corrected chi connectivity index (χ3v) is 4.31. The molecule has 3 nitrogen and oxygen atoms in total. The van der Waals surface area contributed by atoms with Gasteiger partial charge in [-0.1, -0.05) is 30.3 Å². The second kappa shape index (κ2) is 7.16. The average Bonchev–Trinajstić information content (AvgIpc) is 2.51. The minimum Gasteiger partial charge on any atom is -0.311 e. The summed E-state index contributed by atoms with van der Waals surface area (Å²) in [5, 5.41) is 3.62. The zero-order chi connectivity index (χ0) is 14.5. The summed E-state index contributed by atoms with van der Waals surface area (Å²) in [6.45, 7) is 4.14. The lowest BCUT2D eigenvalue weighted by Gasteiger charge is -2.33. The van der Waals surface area contributed by atoms with Gasteiger partial charge in [-0.15, -0.1) is 0 Å². The largest absolute Gasteiger partial charge is 0.311 e. The molecule has 0 aliphatic carbocycles. The molecule has 1 aromatic heterocycles. The lowest BCUT2D eigenvalue weighted by atomic mass is 10.0. The molecule has 1 aliphatic heterocycles. The van der Waals surface area contributed by atoms with Crippen LogP contribution in [0, 0.1) is 0 Å². The number of hydrogen-bond donors (Lipinski definition) is 1. The van der Waals surface area contributed by atoms with E-state index in [2.05, 4.69) is 73.6 Å². The van der Waals surface area contributed by atoms with Crippen LogP contribution in [0.25, 0.3) is 0 Å². The first-order valence-electron chi connectivity index (χ1n) is 7.40. The summed E-state index contributed by atoms with van der Waals surface area (Å²) in [5.74, 6) is 0. The van der Waals surface area contributed by atoms with Crippen LogP contribution in [-0.2, 0) is 13.0 Å². The second-order valence-electron chi connectivity index (χ2n) is 5.54. The fourth-order valence-corrected chi connectivity index (χ4v) is 3.04. The van der Waals surface area contributed by atoms with Gasteiger partial charge < -0.3 is 5.32 Å². The average molecular weight is 346 g/mol. The predicted octanol–water partition coefficient (Wildman–Crippen LogP) is 2.86. The van der Waals surface area contributed by atoms with Gasteiger partial charge in [0.1, 0.15) is 0 Å². The van der Waals surface area contributed by atoms with Gasteiger partial charge in [0.05, 0.1) is 5.69 Å². The van der Waals surface area contributed by atoms with Crippen LogP contribution < -0.4 is 5.32 Å². The van der Waals surface area contributed by atoms with Crippen LogP contribution in [0.1, 0.15) is 11.3 Å². The topological polar surface area (TPSA) is 28.2 Å². The number of aromatic nitrogens is 1. The molecule has 1 fully saturated rings.